The SMILES string of the molecule is [2H]C([2H])([2H])N(c1cc(C(F)(F)F)c(-c2ccc3nn(C)cc3c2C)nn1)C1C[C@@H]2CN(CC3CCOCC3)C[C@@H]2C1. The summed E-state index contributed by atoms with van der Waals surface area (Å²) >= 11 is 0. The first-order valence-corrected chi connectivity index (χ1v) is 13.4. The average Bonchev–Trinajstić information content (AvgIpc) is 3.57. The first-order chi connectivity index (χ1) is 19.4. The van der Waals surface area contributed by atoms with E-state index in [4.69, 9.17) is 8.85 Å². The first-order valence-electron chi connectivity index (χ1n) is 14.9. The number of hydrogen-bond acceptors (Lipinski definition) is 6. The van der Waals surface area contributed by atoms with Gasteiger partial charge in [-0.1, -0.05) is 6.07 Å². The lowest BCUT2D eigenvalue weighted by molar-refractivity contribution is -0.137. The number of nitrogens with zero attached hydrogens (tertiary/aromatic N) is 6. The van der Waals surface area contributed by atoms with Gasteiger partial charge < -0.3 is 14.5 Å². The van der Waals surface area contributed by atoms with Gasteiger partial charge in [0.1, 0.15) is 5.69 Å². The second-order valence-electron chi connectivity index (χ2n) is 11.2. The standard InChI is InChI=1S/C28H35F3N6O/c1-17-22(4-5-25-23(17)16-35(2)34-25)27-24(28(29,30)31)12-26(32-33-27)36(3)21-10-19-14-37(15-20(19)11-21)13-18-6-8-38-9-7-18/h4-5,12,16,18-21H,6-11,13-15H2,1-3H3/t19-,20+,21?/i3D3. The Morgan fingerprint density at radius 2 is 1.87 bits per heavy atom. The fraction of sp³-hybridized carbons (Fsp3) is 0.607. The van der Waals surface area contributed by atoms with Crippen molar-refractivity contribution in [1.29, 1.82) is 0 Å². The van der Waals surface area contributed by atoms with Gasteiger partial charge in [0.2, 0.25) is 0 Å². The summed E-state index contributed by atoms with van der Waals surface area (Å²) in [7, 11) is 1.75. The number of anilines is 1. The lowest BCUT2D eigenvalue weighted by Crippen LogP contribution is -2.35. The van der Waals surface area contributed by atoms with Gasteiger partial charge in [-0.3, -0.25) is 4.68 Å². The molecule has 3 atom stereocenters. The molecule has 38 heavy (non-hydrogen) atoms. The molecule has 2 aliphatic heterocycles. The van der Waals surface area contributed by atoms with E-state index in [1.165, 1.54) is 0 Å². The predicted octanol–water partition coefficient (Wildman–Crippen LogP) is 4.93. The van der Waals surface area contributed by atoms with E-state index in [-0.39, 0.29) is 17.1 Å². The Morgan fingerprint density at radius 1 is 1.13 bits per heavy atom. The Morgan fingerprint density at radius 3 is 2.55 bits per heavy atom. The van der Waals surface area contributed by atoms with E-state index >= 15 is 0 Å². The highest BCUT2D eigenvalue weighted by Crippen LogP contribution is 2.43. The van der Waals surface area contributed by atoms with Gasteiger partial charge in [0.15, 0.2) is 5.82 Å². The van der Waals surface area contributed by atoms with Crippen molar-refractivity contribution >= 4 is 16.7 Å². The molecule has 0 spiro atoms. The van der Waals surface area contributed by atoms with Gasteiger partial charge in [0, 0.05) is 74.2 Å². The van der Waals surface area contributed by atoms with Crippen LogP contribution >= 0.6 is 0 Å². The topological polar surface area (TPSA) is 59.3 Å². The molecule has 2 aromatic heterocycles. The molecular weight excluding hydrogens is 493 g/mol. The molecule has 1 saturated carbocycles. The van der Waals surface area contributed by atoms with Crippen molar-refractivity contribution in [3.8, 4) is 11.3 Å². The fourth-order valence-electron chi connectivity index (χ4n) is 6.73. The minimum atomic E-state index is -4.76. The predicted molar refractivity (Wildman–Crippen MR) is 140 cm³/mol. The maximum Gasteiger partial charge on any atom is 0.418 e. The lowest BCUT2D eigenvalue weighted by atomic mass is 9.98. The van der Waals surface area contributed by atoms with Gasteiger partial charge in [0.05, 0.1) is 11.1 Å². The molecular formula is C28H35F3N6O. The number of fused-ring (bicyclic) bond motifs is 2. The van der Waals surface area contributed by atoms with Crippen molar-refractivity contribution in [2.24, 2.45) is 24.8 Å². The Labute approximate surface area is 225 Å². The monoisotopic (exact) mass is 531 g/mol. The van der Waals surface area contributed by atoms with Gasteiger partial charge in [-0.15, -0.1) is 10.2 Å². The lowest BCUT2D eigenvalue weighted by Gasteiger charge is -2.30. The summed E-state index contributed by atoms with van der Waals surface area (Å²) in [6, 6.07) is 3.66. The number of hydrogen-bond donors (Lipinski definition) is 0. The smallest absolute Gasteiger partial charge is 0.381 e. The third-order valence-corrected chi connectivity index (χ3v) is 8.69. The summed E-state index contributed by atoms with van der Waals surface area (Å²) in [6.45, 7) is 3.48. The molecule has 3 aliphatic rings. The number of alkyl halides is 3. The van der Waals surface area contributed by atoms with E-state index in [0.717, 1.165) is 62.0 Å². The molecule has 4 heterocycles. The molecule has 1 aliphatic carbocycles. The zero-order chi connectivity index (χ0) is 29.1. The van der Waals surface area contributed by atoms with Gasteiger partial charge in [-0.05, 0) is 68.1 Å². The van der Waals surface area contributed by atoms with E-state index in [2.05, 4.69) is 20.2 Å². The Kier molecular flexibility index (Phi) is 5.70. The van der Waals surface area contributed by atoms with E-state index in [1.807, 2.05) is 0 Å². The number of aryl methyl sites for hydroxylation is 2. The van der Waals surface area contributed by atoms with E-state index < -0.39 is 24.8 Å². The molecule has 0 N–H and O–H groups in total. The zero-order valence-corrected chi connectivity index (χ0v) is 21.7. The Balaban J connectivity index is 1.28. The van der Waals surface area contributed by atoms with E-state index in [1.54, 1.807) is 37.0 Å². The summed E-state index contributed by atoms with van der Waals surface area (Å²) in [5.74, 6) is 0.986. The van der Waals surface area contributed by atoms with Gasteiger partial charge in [0.25, 0.3) is 0 Å². The molecule has 10 heteroatoms. The highest BCUT2D eigenvalue weighted by Gasteiger charge is 2.43. The molecule has 6 rings (SSSR count). The highest BCUT2D eigenvalue weighted by atomic mass is 19.4. The molecule has 3 aromatic rings. The molecule has 3 fully saturated rings. The van der Waals surface area contributed by atoms with E-state index in [0.29, 0.717) is 41.7 Å². The second kappa shape index (κ2) is 9.79. The largest absolute Gasteiger partial charge is 0.418 e. The zero-order valence-electron chi connectivity index (χ0n) is 24.7. The Hall–Kier alpha value is -2.72. The molecule has 0 amide bonds. The quantitative estimate of drug-likeness (QED) is 0.465. The van der Waals surface area contributed by atoms with Crippen LogP contribution in [0.1, 0.15) is 40.9 Å². The molecule has 0 radical (unpaired) electrons. The van der Waals surface area contributed by atoms with Crippen molar-refractivity contribution in [1.82, 2.24) is 24.9 Å². The second-order valence-corrected chi connectivity index (χ2v) is 11.2. The van der Waals surface area contributed by atoms with Crippen LogP contribution < -0.4 is 4.90 Å². The molecule has 1 aromatic carbocycles. The number of likely N-dealkylation sites (tertiary alicyclic amines) is 1. The summed E-state index contributed by atoms with van der Waals surface area (Å²) in [5.41, 5.74) is 0.242. The summed E-state index contributed by atoms with van der Waals surface area (Å²) < 4.78 is 75.3. The molecule has 0 bridgehead atoms. The van der Waals surface area contributed by atoms with Crippen molar-refractivity contribution in [2.75, 3.05) is 44.7 Å². The van der Waals surface area contributed by atoms with Crippen LogP contribution in [-0.4, -0.2) is 70.7 Å². The summed E-state index contributed by atoms with van der Waals surface area (Å²) in [6.07, 6.45) is 0.332. The van der Waals surface area contributed by atoms with Crippen LogP contribution in [0.15, 0.2) is 24.4 Å². The highest BCUT2D eigenvalue weighted by molar-refractivity contribution is 5.88. The van der Waals surface area contributed by atoms with Crippen molar-refractivity contribution < 1.29 is 22.0 Å². The van der Waals surface area contributed by atoms with Crippen LogP contribution in [0, 0.1) is 24.7 Å². The number of benzene rings is 1. The molecule has 7 nitrogen and oxygen atoms in total. The van der Waals surface area contributed by atoms with Crippen LogP contribution in [-0.2, 0) is 18.0 Å². The molecule has 1 unspecified atom stereocenters. The van der Waals surface area contributed by atoms with Gasteiger partial charge >= 0.3 is 6.18 Å². The summed E-state index contributed by atoms with van der Waals surface area (Å²) in [4.78, 5) is 3.58. The minimum Gasteiger partial charge on any atom is -0.381 e. The third-order valence-electron chi connectivity index (χ3n) is 8.69. The Bertz CT molecular complexity index is 1410. The van der Waals surface area contributed by atoms with Crippen molar-refractivity contribution in [3.63, 3.8) is 0 Å². The van der Waals surface area contributed by atoms with Crippen LogP contribution in [0.25, 0.3) is 22.2 Å². The molecule has 204 valence electrons. The summed E-state index contributed by atoms with van der Waals surface area (Å²) in [5, 5.41) is 13.2. The normalized spacial score (nSPS) is 26.3. The van der Waals surface area contributed by atoms with Crippen molar-refractivity contribution in [3.05, 3.63) is 35.5 Å². The first kappa shape index (κ1) is 22.1. The minimum absolute atomic E-state index is 0.259. The van der Waals surface area contributed by atoms with Crippen molar-refractivity contribution in [2.45, 2.75) is 44.8 Å². The maximum absolute atomic E-state index is 14.5. The number of rotatable bonds is 5. The third kappa shape index (κ3) is 4.77. The maximum atomic E-state index is 14.5. The number of aromatic nitrogens is 4. The van der Waals surface area contributed by atoms with Crippen LogP contribution in [0.4, 0.5) is 19.0 Å². The average molecular weight is 532 g/mol. The van der Waals surface area contributed by atoms with Crippen LogP contribution in [0.5, 0.6) is 0 Å². The fourth-order valence-corrected chi connectivity index (χ4v) is 6.73. The van der Waals surface area contributed by atoms with Gasteiger partial charge in [-0.2, -0.15) is 18.3 Å². The number of ether oxygens (including phenoxy) is 1. The van der Waals surface area contributed by atoms with Crippen LogP contribution in [0.2, 0.25) is 0 Å². The number of halogens is 3. The van der Waals surface area contributed by atoms with Gasteiger partial charge in [-0.25, -0.2) is 0 Å². The molecule has 2 saturated heterocycles. The van der Waals surface area contributed by atoms with Crippen LogP contribution in [0.3, 0.4) is 0 Å². The van der Waals surface area contributed by atoms with E-state index in [9.17, 15) is 13.2 Å².